The zero-order chi connectivity index (χ0) is 18.7. The van der Waals surface area contributed by atoms with Crippen molar-refractivity contribution in [3.05, 3.63) is 41.1 Å². The van der Waals surface area contributed by atoms with Crippen LogP contribution in [0.2, 0.25) is 0 Å². The first kappa shape index (κ1) is 18.2. The van der Waals surface area contributed by atoms with Crippen molar-refractivity contribution in [2.24, 2.45) is 0 Å². The number of aryl methyl sites for hydroxylation is 2. The molecular formula is C20H27N5O. The molecule has 1 saturated heterocycles. The number of aromatic nitrogens is 2. The van der Waals surface area contributed by atoms with Gasteiger partial charge in [0.2, 0.25) is 0 Å². The topological polar surface area (TPSA) is 61.4 Å². The molecule has 1 aliphatic heterocycles. The van der Waals surface area contributed by atoms with Crippen LogP contribution in [0.25, 0.3) is 11.4 Å². The first-order valence-electron chi connectivity index (χ1n) is 9.19. The minimum absolute atomic E-state index is 0.0168. The average Bonchev–Trinajstić information content (AvgIpc) is 2.64. The van der Waals surface area contributed by atoms with Crippen molar-refractivity contribution in [1.82, 2.24) is 20.2 Å². The van der Waals surface area contributed by atoms with Crippen LogP contribution >= 0.6 is 0 Å². The number of urea groups is 1. The van der Waals surface area contributed by atoms with E-state index in [1.807, 2.05) is 30.9 Å². The Hall–Kier alpha value is -2.63. The molecule has 6 nitrogen and oxygen atoms in total. The van der Waals surface area contributed by atoms with Crippen LogP contribution in [-0.2, 0) is 0 Å². The van der Waals surface area contributed by atoms with E-state index >= 15 is 0 Å². The fourth-order valence-electron chi connectivity index (χ4n) is 3.22. The van der Waals surface area contributed by atoms with E-state index in [1.54, 1.807) is 0 Å². The van der Waals surface area contributed by atoms with Crippen molar-refractivity contribution in [3.63, 3.8) is 0 Å². The van der Waals surface area contributed by atoms with Gasteiger partial charge in [0.15, 0.2) is 5.82 Å². The van der Waals surface area contributed by atoms with Crippen molar-refractivity contribution < 1.29 is 4.79 Å². The highest BCUT2D eigenvalue weighted by Crippen LogP contribution is 2.25. The van der Waals surface area contributed by atoms with E-state index in [0.29, 0.717) is 19.6 Å². The lowest BCUT2D eigenvalue weighted by atomic mass is 10.1. The number of nitrogens with one attached hydrogen (secondary N) is 1. The first-order chi connectivity index (χ1) is 12.5. The highest BCUT2D eigenvalue weighted by atomic mass is 16.2. The number of hydrogen-bond donors (Lipinski definition) is 1. The summed E-state index contributed by atoms with van der Waals surface area (Å²) in [6, 6.07) is 8.29. The molecule has 138 valence electrons. The van der Waals surface area contributed by atoms with E-state index in [9.17, 15) is 4.79 Å². The van der Waals surface area contributed by atoms with E-state index in [4.69, 9.17) is 9.97 Å². The Labute approximate surface area is 155 Å². The number of benzene rings is 1. The lowest BCUT2D eigenvalue weighted by Crippen LogP contribution is -2.52. The number of piperazine rings is 1. The molecule has 0 atom stereocenters. The van der Waals surface area contributed by atoms with Crippen molar-refractivity contribution in [3.8, 4) is 11.4 Å². The Morgan fingerprint density at radius 1 is 1.12 bits per heavy atom. The second kappa shape index (κ2) is 7.72. The fraction of sp³-hybridized carbons (Fsp3) is 0.450. The van der Waals surface area contributed by atoms with Crippen molar-refractivity contribution in [1.29, 1.82) is 0 Å². The summed E-state index contributed by atoms with van der Waals surface area (Å²) in [7, 11) is 0. The van der Waals surface area contributed by atoms with E-state index in [2.05, 4.69) is 36.2 Å². The minimum atomic E-state index is 0.0168. The predicted octanol–water partition coefficient (Wildman–Crippen LogP) is 2.92. The van der Waals surface area contributed by atoms with Crippen molar-refractivity contribution >= 4 is 11.8 Å². The molecular weight excluding hydrogens is 326 g/mol. The lowest BCUT2D eigenvalue weighted by molar-refractivity contribution is 0.195. The molecule has 0 spiro atoms. The van der Waals surface area contributed by atoms with Gasteiger partial charge in [0.05, 0.1) is 0 Å². The lowest BCUT2D eigenvalue weighted by Gasteiger charge is -2.36. The number of amides is 2. The number of hydrogen-bond acceptors (Lipinski definition) is 4. The van der Waals surface area contributed by atoms with E-state index in [1.165, 1.54) is 5.56 Å². The van der Waals surface area contributed by atoms with E-state index < -0.39 is 0 Å². The zero-order valence-corrected chi connectivity index (χ0v) is 16.0. The molecule has 2 heterocycles. The van der Waals surface area contributed by atoms with Gasteiger partial charge in [-0.2, -0.15) is 0 Å². The molecule has 0 saturated carbocycles. The molecule has 1 fully saturated rings. The summed E-state index contributed by atoms with van der Waals surface area (Å²) in [5, 5.41) is 2.87. The maximum absolute atomic E-state index is 12.0. The molecule has 1 aromatic carbocycles. The maximum Gasteiger partial charge on any atom is 0.317 e. The number of carbonyl (C=O) groups excluding carboxylic acids is 1. The molecule has 3 rings (SSSR count). The molecule has 0 aliphatic carbocycles. The van der Waals surface area contributed by atoms with Gasteiger partial charge in [-0.25, -0.2) is 14.8 Å². The van der Waals surface area contributed by atoms with Crippen LogP contribution in [0.4, 0.5) is 10.6 Å². The Morgan fingerprint density at radius 2 is 1.85 bits per heavy atom. The van der Waals surface area contributed by atoms with Gasteiger partial charge in [-0.05, 0) is 33.8 Å². The molecule has 0 radical (unpaired) electrons. The number of rotatable bonds is 3. The minimum Gasteiger partial charge on any atom is -0.353 e. The first-order valence-corrected chi connectivity index (χ1v) is 9.19. The van der Waals surface area contributed by atoms with Crippen LogP contribution in [0, 0.1) is 20.8 Å². The quantitative estimate of drug-likeness (QED) is 0.922. The molecule has 1 aliphatic rings. The van der Waals surface area contributed by atoms with Crippen molar-refractivity contribution in [2.75, 3.05) is 37.6 Å². The van der Waals surface area contributed by atoms with Crippen LogP contribution in [0.3, 0.4) is 0 Å². The summed E-state index contributed by atoms with van der Waals surface area (Å²) in [6.07, 6.45) is 0. The SMILES string of the molecule is CCNC(=O)N1CCN(c2nc(-c3cccc(C)c3)nc(C)c2C)CC1. The highest BCUT2D eigenvalue weighted by Gasteiger charge is 2.23. The van der Waals surface area contributed by atoms with Crippen LogP contribution in [-0.4, -0.2) is 53.6 Å². The monoisotopic (exact) mass is 353 g/mol. The van der Waals surface area contributed by atoms with Crippen LogP contribution in [0.1, 0.15) is 23.7 Å². The molecule has 0 unspecified atom stereocenters. The Kier molecular flexibility index (Phi) is 5.40. The highest BCUT2D eigenvalue weighted by molar-refractivity contribution is 5.74. The molecule has 1 aromatic heterocycles. The standard InChI is InChI=1S/C20H27N5O/c1-5-21-20(26)25-11-9-24(10-12-25)19-15(3)16(4)22-18(23-19)17-8-6-7-14(2)13-17/h6-8,13H,5,9-12H2,1-4H3,(H,21,26). The van der Waals surface area contributed by atoms with Gasteiger partial charge in [-0.1, -0.05) is 23.8 Å². The third-order valence-corrected chi connectivity index (χ3v) is 4.83. The maximum atomic E-state index is 12.0. The number of anilines is 1. The fourth-order valence-corrected chi connectivity index (χ4v) is 3.22. The smallest absolute Gasteiger partial charge is 0.317 e. The summed E-state index contributed by atoms with van der Waals surface area (Å²) >= 11 is 0. The predicted molar refractivity (Wildman–Crippen MR) is 105 cm³/mol. The Morgan fingerprint density at radius 3 is 2.50 bits per heavy atom. The summed E-state index contributed by atoms with van der Waals surface area (Å²) in [5.41, 5.74) is 4.34. The second-order valence-electron chi connectivity index (χ2n) is 6.76. The number of nitrogens with zero attached hydrogens (tertiary/aromatic N) is 4. The van der Waals surface area contributed by atoms with Crippen LogP contribution < -0.4 is 10.2 Å². The van der Waals surface area contributed by atoms with Gasteiger partial charge in [0.1, 0.15) is 5.82 Å². The molecule has 2 aromatic rings. The van der Waals surface area contributed by atoms with E-state index in [-0.39, 0.29) is 6.03 Å². The molecule has 6 heteroatoms. The summed E-state index contributed by atoms with van der Waals surface area (Å²) in [4.78, 5) is 25.7. The van der Waals surface area contributed by atoms with Gasteiger partial charge in [0, 0.05) is 49.5 Å². The summed E-state index contributed by atoms with van der Waals surface area (Å²) in [5.74, 6) is 1.74. The molecule has 0 bridgehead atoms. The van der Waals surface area contributed by atoms with Gasteiger partial charge in [0.25, 0.3) is 0 Å². The summed E-state index contributed by atoms with van der Waals surface area (Å²) in [6.45, 7) is 11.7. The Balaban J connectivity index is 1.83. The second-order valence-corrected chi connectivity index (χ2v) is 6.76. The van der Waals surface area contributed by atoms with Crippen molar-refractivity contribution in [2.45, 2.75) is 27.7 Å². The summed E-state index contributed by atoms with van der Waals surface area (Å²) < 4.78 is 0. The largest absolute Gasteiger partial charge is 0.353 e. The van der Waals surface area contributed by atoms with Gasteiger partial charge in [-0.3, -0.25) is 0 Å². The Bertz CT molecular complexity index is 797. The molecule has 1 N–H and O–H groups in total. The van der Waals surface area contributed by atoms with Gasteiger partial charge in [-0.15, -0.1) is 0 Å². The third kappa shape index (κ3) is 3.79. The molecule has 2 amide bonds. The van der Waals surface area contributed by atoms with Gasteiger partial charge < -0.3 is 15.1 Å². The zero-order valence-electron chi connectivity index (χ0n) is 16.0. The number of carbonyl (C=O) groups is 1. The third-order valence-electron chi connectivity index (χ3n) is 4.83. The molecule has 26 heavy (non-hydrogen) atoms. The van der Waals surface area contributed by atoms with E-state index in [0.717, 1.165) is 41.6 Å². The average molecular weight is 353 g/mol. The van der Waals surface area contributed by atoms with Crippen LogP contribution in [0.15, 0.2) is 24.3 Å². The van der Waals surface area contributed by atoms with Gasteiger partial charge >= 0.3 is 6.03 Å². The normalized spacial score (nSPS) is 14.5. The van der Waals surface area contributed by atoms with Crippen LogP contribution in [0.5, 0.6) is 0 Å².